The lowest BCUT2D eigenvalue weighted by Gasteiger charge is -2.28. The third-order valence-electron chi connectivity index (χ3n) is 2.33. The third-order valence-corrected chi connectivity index (χ3v) is 4.07. The fraction of sp³-hybridized carbons (Fsp3) is 1.00. The SMILES string of the molecule is CC(CCO)NS(=O)(=O)N1CCNCC1. The lowest BCUT2D eigenvalue weighted by molar-refractivity contribution is 0.273. The molecule has 0 amide bonds. The summed E-state index contributed by atoms with van der Waals surface area (Å²) in [6.45, 7) is 4.12. The van der Waals surface area contributed by atoms with Crippen LogP contribution in [0.4, 0.5) is 0 Å². The van der Waals surface area contributed by atoms with Crippen LogP contribution in [0.1, 0.15) is 13.3 Å². The highest BCUT2D eigenvalue weighted by molar-refractivity contribution is 7.87. The van der Waals surface area contributed by atoms with Gasteiger partial charge in [-0.2, -0.15) is 17.4 Å². The second-order valence-electron chi connectivity index (χ2n) is 3.69. The topological polar surface area (TPSA) is 81.7 Å². The van der Waals surface area contributed by atoms with E-state index < -0.39 is 10.2 Å². The van der Waals surface area contributed by atoms with Crippen LogP contribution in [0.3, 0.4) is 0 Å². The van der Waals surface area contributed by atoms with Crippen LogP contribution in [0, 0.1) is 0 Å². The second kappa shape index (κ2) is 5.76. The van der Waals surface area contributed by atoms with Gasteiger partial charge in [0.25, 0.3) is 10.2 Å². The van der Waals surface area contributed by atoms with E-state index in [0.29, 0.717) is 32.6 Å². The van der Waals surface area contributed by atoms with Gasteiger partial charge in [0.2, 0.25) is 0 Å². The van der Waals surface area contributed by atoms with Crippen LogP contribution in [0.25, 0.3) is 0 Å². The first-order valence-electron chi connectivity index (χ1n) is 5.15. The number of hydrogen-bond donors (Lipinski definition) is 3. The first-order chi connectivity index (χ1) is 7.06. The molecule has 0 spiro atoms. The molecule has 0 bridgehead atoms. The molecule has 15 heavy (non-hydrogen) atoms. The van der Waals surface area contributed by atoms with Crippen molar-refractivity contribution in [2.75, 3.05) is 32.8 Å². The molecule has 1 unspecified atom stereocenters. The van der Waals surface area contributed by atoms with Crippen LogP contribution in [-0.2, 0) is 10.2 Å². The molecule has 6 nitrogen and oxygen atoms in total. The number of piperazine rings is 1. The molecular formula is C8H19N3O3S. The Labute approximate surface area is 90.8 Å². The average molecular weight is 237 g/mol. The molecular weight excluding hydrogens is 218 g/mol. The second-order valence-corrected chi connectivity index (χ2v) is 5.39. The molecule has 1 fully saturated rings. The van der Waals surface area contributed by atoms with Crippen molar-refractivity contribution in [3.8, 4) is 0 Å². The van der Waals surface area contributed by atoms with Gasteiger partial charge in [0.05, 0.1) is 0 Å². The molecule has 1 aliphatic rings. The van der Waals surface area contributed by atoms with E-state index in [-0.39, 0.29) is 12.6 Å². The Kier molecular flexibility index (Phi) is 4.94. The molecule has 1 atom stereocenters. The number of aliphatic hydroxyl groups is 1. The predicted octanol–water partition coefficient (Wildman–Crippen LogP) is -1.50. The zero-order valence-electron chi connectivity index (χ0n) is 8.94. The molecule has 0 aliphatic carbocycles. The van der Waals surface area contributed by atoms with E-state index in [0.717, 1.165) is 0 Å². The van der Waals surface area contributed by atoms with Crippen molar-refractivity contribution in [1.82, 2.24) is 14.3 Å². The Morgan fingerprint density at radius 1 is 1.47 bits per heavy atom. The number of nitrogens with zero attached hydrogens (tertiary/aromatic N) is 1. The van der Waals surface area contributed by atoms with Crippen molar-refractivity contribution in [3.05, 3.63) is 0 Å². The highest BCUT2D eigenvalue weighted by Gasteiger charge is 2.24. The third kappa shape index (κ3) is 4.04. The van der Waals surface area contributed by atoms with Gasteiger partial charge in [0.15, 0.2) is 0 Å². The molecule has 0 aromatic carbocycles. The van der Waals surface area contributed by atoms with Crippen LogP contribution >= 0.6 is 0 Å². The Hall–Kier alpha value is -0.210. The van der Waals surface area contributed by atoms with E-state index in [1.165, 1.54) is 4.31 Å². The van der Waals surface area contributed by atoms with Gasteiger partial charge in [-0.25, -0.2) is 0 Å². The van der Waals surface area contributed by atoms with Crippen molar-refractivity contribution in [2.24, 2.45) is 0 Å². The van der Waals surface area contributed by atoms with E-state index >= 15 is 0 Å². The van der Waals surface area contributed by atoms with Crippen molar-refractivity contribution >= 4 is 10.2 Å². The van der Waals surface area contributed by atoms with Gasteiger partial charge in [0, 0.05) is 38.8 Å². The van der Waals surface area contributed by atoms with E-state index in [9.17, 15) is 8.42 Å². The summed E-state index contributed by atoms with van der Waals surface area (Å²) in [6, 6.07) is -0.227. The van der Waals surface area contributed by atoms with Crippen LogP contribution in [0.2, 0.25) is 0 Å². The van der Waals surface area contributed by atoms with Gasteiger partial charge in [-0.3, -0.25) is 0 Å². The van der Waals surface area contributed by atoms with Crippen molar-refractivity contribution < 1.29 is 13.5 Å². The number of aliphatic hydroxyl groups excluding tert-OH is 1. The quantitative estimate of drug-likeness (QED) is 0.543. The largest absolute Gasteiger partial charge is 0.396 e. The lowest BCUT2D eigenvalue weighted by Crippen LogP contribution is -2.52. The molecule has 0 aromatic heterocycles. The molecule has 7 heteroatoms. The normalized spacial score (nSPS) is 21.5. The van der Waals surface area contributed by atoms with Crippen LogP contribution in [0.5, 0.6) is 0 Å². The van der Waals surface area contributed by atoms with E-state index in [1.807, 2.05) is 0 Å². The predicted molar refractivity (Wildman–Crippen MR) is 57.7 cm³/mol. The fourth-order valence-corrected chi connectivity index (χ4v) is 2.90. The average Bonchev–Trinajstić information content (AvgIpc) is 2.18. The summed E-state index contributed by atoms with van der Waals surface area (Å²) in [5.41, 5.74) is 0. The summed E-state index contributed by atoms with van der Waals surface area (Å²) >= 11 is 0. The molecule has 90 valence electrons. The molecule has 0 aromatic rings. The van der Waals surface area contributed by atoms with Gasteiger partial charge in [-0.05, 0) is 13.3 Å². The van der Waals surface area contributed by atoms with Crippen LogP contribution in [0.15, 0.2) is 0 Å². The molecule has 1 heterocycles. The number of nitrogens with one attached hydrogen (secondary N) is 2. The minimum absolute atomic E-state index is 0.00869. The molecule has 1 aliphatic heterocycles. The Balaban J connectivity index is 2.49. The molecule has 1 saturated heterocycles. The highest BCUT2D eigenvalue weighted by Crippen LogP contribution is 2.02. The first kappa shape index (κ1) is 12.9. The summed E-state index contributed by atoms with van der Waals surface area (Å²) in [5, 5.41) is 11.8. The maximum absolute atomic E-state index is 11.8. The minimum Gasteiger partial charge on any atom is -0.396 e. The zero-order valence-corrected chi connectivity index (χ0v) is 9.76. The monoisotopic (exact) mass is 237 g/mol. The van der Waals surface area contributed by atoms with Gasteiger partial charge >= 0.3 is 0 Å². The van der Waals surface area contributed by atoms with Gasteiger partial charge in [0.1, 0.15) is 0 Å². The maximum Gasteiger partial charge on any atom is 0.279 e. The molecule has 1 rings (SSSR count). The van der Waals surface area contributed by atoms with Crippen molar-refractivity contribution in [2.45, 2.75) is 19.4 Å². The summed E-state index contributed by atoms with van der Waals surface area (Å²) in [7, 11) is -3.37. The zero-order chi connectivity index (χ0) is 11.3. The summed E-state index contributed by atoms with van der Waals surface area (Å²) < 4.78 is 27.5. The van der Waals surface area contributed by atoms with Gasteiger partial charge < -0.3 is 10.4 Å². The molecule has 3 N–H and O–H groups in total. The van der Waals surface area contributed by atoms with Gasteiger partial charge in [-0.1, -0.05) is 0 Å². The van der Waals surface area contributed by atoms with E-state index in [4.69, 9.17) is 5.11 Å². The van der Waals surface area contributed by atoms with Crippen LogP contribution < -0.4 is 10.0 Å². The van der Waals surface area contributed by atoms with Crippen molar-refractivity contribution in [3.63, 3.8) is 0 Å². The maximum atomic E-state index is 11.8. The Morgan fingerprint density at radius 3 is 2.60 bits per heavy atom. The summed E-state index contributed by atoms with van der Waals surface area (Å²) in [4.78, 5) is 0. The Bertz CT molecular complexity index is 275. The smallest absolute Gasteiger partial charge is 0.279 e. The Morgan fingerprint density at radius 2 is 2.07 bits per heavy atom. The number of rotatable bonds is 5. The standard InChI is InChI=1S/C8H19N3O3S/c1-8(2-7-12)10-15(13,14)11-5-3-9-4-6-11/h8-10,12H,2-7H2,1H3. The van der Waals surface area contributed by atoms with Crippen molar-refractivity contribution in [1.29, 1.82) is 0 Å². The van der Waals surface area contributed by atoms with Gasteiger partial charge in [-0.15, -0.1) is 0 Å². The van der Waals surface area contributed by atoms with E-state index in [2.05, 4.69) is 10.0 Å². The van der Waals surface area contributed by atoms with Crippen LogP contribution in [-0.4, -0.2) is 56.7 Å². The minimum atomic E-state index is -3.37. The molecule has 0 saturated carbocycles. The lowest BCUT2D eigenvalue weighted by atomic mass is 10.3. The first-order valence-corrected chi connectivity index (χ1v) is 6.59. The fourth-order valence-electron chi connectivity index (χ4n) is 1.47. The molecule has 0 radical (unpaired) electrons. The number of hydrogen-bond acceptors (Lipinski definition) is 4. The summed E-state index contributed by atoms with van der Waals surface area (Å²) in [5.74, 6) is 0. The highest BCUT2D eigenvalue weighted by atomic mass is 32.2. The summed E-state index contributed by atoms with van der Waals surface area (Å²) in [6.07, 6.45) is 0.436. The van der Waals surface area contributed by atoms with E-state index in [1.54, 1.807) is 6.92 Å².